The number of methoxy groups -OCH3 is 1. The molecular formula is C24H17ClN2O6S. The average Bonchev–Trinajstić information content (AvgIpc) is 3.11. The molecule has 0 unspecified atom stereocenters. The summed E-state index contributed by atoms with van der Waals surface area (Å²) in [5.74, 6) is 0.481. The zero-order valence-corrected chi connectivity index (χ0v) is 19.3. The number of nitrogens with zero attached hydrogens (tertiary/aromatic N) is 2. The fourth-order valence-electron chi connectivity index (χ4n) is 3.20. The number of thioether (sulfide) groups is 1. The van der Waals surface area contributed by atoms with Crippen LogP contribution in [0, 0.1) is 10.1 Å². The highest BCUT2D eigenvalue weighted by Crippen LogP contribution is 2.37. The first kappa shape index (κ1) is 23.3. The van der Waals surface area contributed by atoms with E-state index in [4.69, 9.17) is 21.1 Å². The van der Waals surface area contributed by atoms with Crippen molar-refractivity contribution in [3.8, 4) is 11.5 Å². The first-order valence-electron chi connectivity index (χ1n) is 9.93. The summed E-state index contributed by atoms with van der Waals surface area (Å²) in [6, 6.07) is 17.7. The molecule has 2 amide bonds. The Kier molecular flexibility index (Phi) is 6.85. The highest BCUT2D eigenvalue weighted by Gasteiger charge is 2.36. The quantitative estimate of drug-likeness (QED) is 0.222. The highest BCUT2D eigenvalue weighted by atomic mass is 35.5. The minimum absolute atomic E-state index is 0.00570. The van der Waals surface area contributed by atoms with Crippen LogP contribution in [0.1, 0.15) is 11.1 Å². The van der Waals surface area contributed by atoms with Crippen molar-refractivity contribution in [1.82, 2.24) is 0 Å². The summed E-state index contributed by atoms with van der Waals surface area (Å²) in [6.07, 6.45) is 1.61. The number of nitro benzene ring substituents is 1. The van der Waals surface area contributed by atoms with Crippen molar-refractivity contribution in [2.75, 3.05) is 12.0 Å². The number of imide groups is 1. The summed E-state index contributed by atoms with van der Waals surface area (Å²) in [6.45, 7) is 0.188. The van der Waals surface area contributed by atoms with E-state index in [1.54, 1.807) is 60.7 Å². The van der Waals surface area contributed by atoms with Gasteiger partial charge in [0.1, 0.15) is 6.61 Å². The van der Waals surface area contributed by atoms with E-state index in [0.29, 0.717) is 27.8 Å². The largest absolute Gasteiger partial charge is 0.493 e. The van der Waals surface area contributed by atoms with E-state index in [0.717, 1.165) is 22.2 Å². The SMILES string of the molecule is COc1cc(/C=C2/SC(=O)N(c3ccc(Cl)cc3)C2=O)ccc1OCc1ccc([N+](=O)[O-])cc1. The first-order chi connectivity index (χ1) is 16.4. The van der Waals surface area contributed by atoms with Crippen LogP contribution < -0.4 is 14.4 Å². The molecule has 0 saturated carbocycles. The van der Waals surface area contributed by atoms with Crippen LogP contribution in [0.5, 0.6) is 11.5 Å². The summed E-state index contributed by atoms with van der Waals surface area (Å²) < 4.78 is 11.2. The summed E-state index contributed by atoms with van der Waals surface area (Å²) >= 11 is 6.74. The summed E-state index contributed by atoms with van der Waals surface area (Å²) in [4.78, 5) is 37.0. The van der Waals surface area contributed by atoms with Crippen molar-refractivity contribution in [2.45, 2.75) is 6.61 Å². The number of ether oxygens (including phenoxy) is 2. The molecule has 0 aliphatic carbocycles. The normalized spacial score (nSPS) is 14.5. The van der Waals surface area contributed by atoms with Gasteiger partial charge in [-0.25, -0.2) is 4.90 Å². The molecule has 3 aromatic rings. The van der Waals surface area contributed by atoms with E-state index in [1.807, 2.05) is 0 Å². The molecule has 0 radical (unpaired) electrons. The lowest BCUT2D eigenvalue weighted by Crippen LogP contribution is -2.27. The third kappa shape index (κ3) is 5.05. The number of rotatable bonds is 7. The van der Waals surface area contributed by atoms with Gasteiger partial charge in [0.2, 0.25) is 0 Å². The van der Waals surface area contributed by atoms with E-state index in [9.17, 15) is 19.7 Å². The van der Waals surface area contributed by atoms with E-state index >= 15 is 0 Å². The molecule has 172 valence electrons. The molecule has 0 N–H and O–H groups in total. The maximum Gasteiger partial charge on any atom is 0.298 e. The summed E-state index contributed by atoms with van der Waals surface area (Å²) in [7, 11) is 1.49. The fraction of sp³-hybridized carbons (Fsp3) is 0.0833. The monoisotopic (exact) mass is 496 g/mol. The number of carbonyl (C=O) groups excluding carboxylic acids is 2. The number of halogens is 1. The third-order valence-corrected chi connectivity index (χ3v) is 6.03. The lowest BCUT2D eigenvalue weighted by atomic mass is 10.1. The highest BCUT2D eigenvalue weighted by molar-refractivity contribution is 8.19. The molecule has 1 saturated heterocycles. The number of amides is 2. The maximum atomic E-state index is 12.8. The van der Waals surface area contributed by atoms with Gasteiger partial charge in [-0.3, -0.25) is 19.7 Å². The Balaban J connectivity index is 1.49. The lowest BCUT2D eigenvalue weighted by Gasteiger charge is -2.12. The van der Waals surface area contributed by atoms with Crippen LogP contribution in [0.3, 0.4) is 0 Å². The molecule has 0 atom stereocenters. The van der Waals surface area contributed by atoms with Crippen molar-refractivity contribution in [3.63, 3.8) is 0 Å². The molecule has 1 heterocycles. The van der Waals surface area contributed by atoms with Crippen LogP contribution in [0.25, 0.3) is 6.08 Å². The Morgan fingerprint density at radius 2 is 1.74 bits per heavy atom. The standard InChI is InChI=1S/C24H17ClN2O6S/c1-32-21-12-16(4-11-20(21)33-14-15-2-7-19(8-3-15)27(30)31)13-22-23(28)26(24(29)34-22)18-9-5-17(25)6-10-18/h2-13H,14H2,1H3/b22-13+. The number of benzene rings is 3. The van der Waals surface area contributed by atoms with Gasteiger partial charge in [-0.1, -0.05) is 17.7 Å². The molecule has 10 heteroatoms. The zero-order valence-electron chi connectivity index (χ0n) is 17.8. The topological polar surface area (TPSA) is 99.0 Å². The molecule has 34 heavy (non-hydrogen) atoms. The van der Waals surface area contributed by atoms with Gasteiger partial charge in [-0.15, -0.1) is 0 Å². The number of anilines is 1. The number of nitro groups is 1. The average molecular weight is 497 g/mol. The van der Waals surface area contributed by atoms with Crippen LogP contribution in [0.15, 0.2) is 71.6 Å². The van der Waals surface area contributed by atoms with E-state index in [2.05, 4.69) is 0 Å². The van der Waals surface area contributed by atoms with Gasteiger partial charge >= 0.3 is 0 Å². The van der Waals surface area contributed by atoms with Gasteiger partial charge in [0, 0.05) is 17.2 Å². The van der Waals surface area contributed by atoms with Crippen molar-refractivity contribution in [1.29, 1.82) is 0 Å². The van der Waals surface area contributed by atoms with Crippen molar-refractivity contribution < 1.29 is 24.0 Å². The smallest absolute Gasteiger partial charge is 0.298 e. The van der Waals surface area contributed by atoms with Gasteiger partial charge in [0.15, 0.2) is 11.5 Å². The van der Waals surface area contributed by atoms with Crippen molar-refractivity contribution in [3.05, 3.63) is 97.9 Å². The first-order valence-corrected chi connectivity index (χ1v) is 11.1. The molecule has 0 spiro atoms. The Labute approximate surface area is 203 Å². The minimum atomic E-state index is -0.462. The van der Waals surface area contributed by atoms with Gasteiger partial charge in [0.25, 0.3) is 16.8 Å². The van der Waals surface area contributed by atoms with Crippen LogP contribution in [0.2, 0.25) is 5.02 Å². The number of hydrogen-bond donors (Lipinski definition) is 0. The summed E-state index contributed by atoms with van der Waals surface area (Å²) in [5.41, 5.74) is 1.86. The number of carbonyl (C=O) groups is 2. The maximum absolute atomic E-state index is 12.8. The molecule has 3 aromatic carbocycles. The molecule has 0 aromatic heterocycles. The second-order valence-corrected chi connectivity index (χ2v) is 8.55. The minimum Gasteiger partial charge on any atom is -0.493 e. The predicted octanol–water partition coefficient (Wildman–Crippen LogP) is 6.08. The molecule has 8 nitrogen and oxygen atoms in total. The van der Waals surface area contributed by atoms with Gasteiger partial charge in [0.05, 0.1) is 22.6 Å². The number of hydrogen-bond acceptors (Lipinski definition) is 7. The summed E-state index contributed by atoms with van der Waals surface area (Å²) in [5, 5.41) is 10.9. The Bertz CT molecular complexity index is 1290. The van der Waals surface area contributed by atoms with Gasteiger partial charge < -0.3 is 9.47 Å². The Hall–Kier alpha value is -3.82. The van der Waals surface area contributed by atoms with Crippen molar-refractivity contribution in [2.24, 2.45) is 0 Å². The number of non-ortho nitro benzene ring substituents is 1. The predicted molar refractivity (Wildman–Crippen MR) is 130 cm³/mol. The lowest BCUT2D eigenvalue weighted by molar-refractivity contribution is -0.384. The second-order valence-electron chi connectivity index (χ2n) is 7.12. The van der Waals surface area contributed by atoms with E-state index in [1.165, 1.54) is 19.2 Å². The van der Waals surface area contributed by atoms with E-state index in [-0.39, 0.29) is 17.2 Å². The van der Waals surface area contributed by atoms with Crippen LogP contribution in [-0.4, -0.2) is 23.2 Å². The van der Waals surface area contributed by atoms with Gasteiger partial charge in [-0.05, 0) is 77.5 Å². The third-order valence-electron chi connectivity index (χ3n) is 4.91. The molecule has 1 fully saturated rings. The zero-order chi connectivity index (χ0) is 24.2. The van der Waals surface area contributed by atoms with Crippen LogP contribution in [0.4, 0.5) is 16.2 Å². The van der Waals surface area contributed by atoms with Crippen molar-refractivity contribution >= 4 is 52.0 Å². The molecular weight excluding hydrogens is 480 g/mol. The molecule has 1 aliphatic rings. The second kappa shape index (κ2) is 9.98. The van der Waals surface area contributed by atoms with Crippen LogP contribution in [-0.2, 0) is 11.4 Å². The molecule has 1 aliphatic heterocycles. The Morgan fingerprint density at radius 1 is 1.03 bits per heavy atom. The fourth-order valence-corrected chi connectivity index (χ4v) is 4.17. The van der Waals surface area contributed by atoms with Crippen LogP contribution >= 0.6 is 23.4 Å². The molecule has 4 rings (SSSR count). The van der Waals surface area contributed by atoms with E-state index < -0.39 is 16.1 Å². The van der Waals surface area contributed by atoms with Gasteiger partial charge in [-0.2, -0.15) is 0 Å². The molecule has 0 bridgehead atoms. The Morgan fingerprint density at radius 3 is 2.38 bits per heavy atom.